The number of allylic oxidation sites excluding steroid dienone is 3. The standard InChI is InChI=1S/C57H107NO10/c1-3-5-7-9-11-13-15-20-24-27-31-35-39-43-50(60)49(48-67-57-56(65)55(64)54(63)51(47-59)68-57)58-52(61)44-40-36-32-28-25-21-18-16-17-19-22-26-30-34-38-42-46-66-53(62)45-41-37-33-29-23-14-12-10-8-6-4-2/h24,27,39,43,49-51,54-57,59-60,63-65H,3-23,25-26,28-38,40-42,44-48H2,1-2H3,(H,58,61)/b27-24+,43-39+. The Bertz CT molecular complexity index is 1180. The first-order chi connectivity index (χ1) is 33.2. The Morgan fingerprint density at radius 2 is 0.956 bits per heavy atom. The van der Waals surface area contributed by atoms with Crippen molar-refractivity contribution in [2.45, 2.75) is 307 Å². The first-order valence-corrected chi connectivity index (χ1v) is 28.6. The molecule has 11 nitrogen and oxygen atoms in total. The third kappa shape index (κ3) is 37.0. The summed E-state index contributed by atoms with van der Waals surface area (Å²) in [6, 6.07) is -0.831. The van der Waals surface area contributed by atoms with E-state index in [1.165, 1.54) is 167 Å². The van der Waals surface area contributed by atoms with Gasteiger partial charge >= 0.3 is 5.97 Å². The molecule has 0 bridgehead atoms. The zero-order valence-corrected chi connectivity index (χ0v) is 43.8. The number of rotatable bonds is 49. The van der Waals surface area contributed by atoms with E-state index in [1.807, 2.05) is 6.08 Å². The summed E-state index contributed by atoms with van der Waals surface area (Å²) >= 11 is 0. The zero-order valence-electron chi connectivity index (χ0n) is 43.8. The molecule has 68 heavy (non-hydrogen) atoms. The highest BCUT2D eigenvalue weighted by atomic mass is 16.7. The van der Waals surface area contributed by atoms with Crippen molar-refractivity contribution in [2.24, 2.45) is 0 Å². The number of hydrogen-bond donors (Lipinski definition) is 6. The molecule has 0 aromatic carbocycles. The molecule has 0 saturated carbocycles. The molecule has 1 amide bonds. The second kappa shape index (κ2) is 47.5. The first-order valence-electron chi connectivity index (χ1n) is 28.6. The topological polar surface area (TPSA) is 175 Å². The van der Waals surface area contributed by atoms with E-state index in [1.54, 1.807) is 6.08 Å². The molecule has 1 rings (SSSR count). The summed E-state index contributed by atoms with van der Waals surface area (Å²) in [5.74, 6) is -0.214. The molecule has 0 aromatic heterocycles. The first kappa shape index (κ1) is 64.2. The lowest BCUT2D eigenvalue weighted by molar-refractivity contribution is -0.302. The van der Waals surface area contributed by atoms with Crippen molar-refractivity contribution in [3.8, 4) is 0 Å². The van der Waals surface area contributed by atoms with E-state index < -0.39 is 49.5 Å². The fourth-order valence-electron chi connectivity index (χ4n) is 8.98. The summed E-state index contributed by atoms with van der Waals surface area (Å²) in [6.07, 6.45) is 45.4. The van der Waals surface area contributed by atoms with E-state index >= 15 is 0 Å². The highest BCUT2D eigenvalue weighted by Gasteiger charge is 2.44. The molecule has 0 aliphatic carbocycles. The Labute approximate surface area is 416 Å². The Kier molecular flexibility index (Phi) is 44.8. The SMILES string of the molecule is CCCCCCCCC/C=C/CC/C=C/C(O)C(COC1OC(CO)C(O)C(O)C1O)NC(=O)CCCCCCCCCCCCCCCCCCOC(=O)CCCCCCCCCCCCC. The molecule has 400 valence electrons. The Morgan fingerprint density at radius 3 is 1.46 bits per heavy atom. The number of ether oxygens (including phenoxy) is 3. The van der Waals surface area contributed by atoms with Crippen molar-refractivity contribution in [3.05, 3.63) is 24.3 Å². The van der Waals surface area contributed by atoms with E-state index in [-0.39, 0.29) is 18.5 Å². The van der Waals surface area contributed by atoms with Crippen LogP contribution >= 0.6 is 0 Å². The number of nitrogens with one attached hydrogen (secondary N) is 1. The van der Waals surface area contributed by atoms with Crippen LogP contribution in [0.25, 0.3) is 0 Å². The molecular formula is C57H107NO10. The van der Waals surface area contributed by atoms with E-state index in [2.05, 4.69) is 31.3 Å². The van der Waals surface area contributed by atoms with Crippen LogP contribution in [-0.4, -0.2) is 100 Å². The number of amides is 1. The predicted octanol–water partition coefficient (Wildman–Crippen LogP) is 12.6. The summed E-state index contributed by atoms with van der Waals surface area (Å²) in [7, 11) is 0. The summed E-state index contributed by atoms with van der Waals surface area (Å²) in [5.41, 5.74) is 0. The minimum Gasteiger partial charge on any atom is -0.466 e. The molecule has 11 heteroatoms. The van der Waals surface area contributed by atoms with Crippen LogP contribution in [0, 0.1) is 0 Å². The van der Waals surface area contributed by atoms with E-state index in [0.29, 0.717) is 19.4 Å². The smallest absolute Gasteiger partial charge is 0.305 e. The highest BCUT2D eigenvalue weighted by Crippen LogP contribution is 2.23. The number of carbonyl (C=O) groups is 2. The van der Waals surface area contributed by atoms with Crippen LogP contribution in [-0.2, 0) is 23.8 Å². The van der Waals surface area contributed by atoms with Crippen molar-refractivity contribution in [3.63, 3.8) is 0 Å². The summed E-state index contributed by atoms with van der Waals surface area (Å²) in [4.78, 5) is 25.0. The molecule has 1 saturated heterocycles. The number of carbonyl (C=O) groups excluding carboxylic acids is 2. The van der Waals surface area contributed by atoms with Crippen molar-refractivity contribution >= 4 is 11.9 Å². The number of unbranched alkanes of at least 4 members (excludes halogenated alkanes) is 33. The maximum atomic E-state index is 13.0. The number of aliphatic hydroxyl groups is 5. The molecule has 7 atom stereocenters. The minimum absolute atomic E-state index is 0.0158. The molecule has 0 spiro atoms. The van der Waals surface area contributed by atoms with Gasteiger partial charge in [-0.15, -0.1) is 0 Å². The number of hydrogen-bond acceptors (Lipinski definition) is 10. The van der Waals surface area contributed by atoms with Gasteiger partial charge in [-0.1, -0.05) is 231 Å². The lowest BCUT2D eigenvalue weighted by atomic mass is 9.99. The largest absolute Gasteiger partial charge is 0.466 e. The van der Waals surface area contributed by atoms with Gasteiger partial charge in [0.15, 0.2) is 6.29 Å². The Morgan fingerprint density at radius 1 is 0.529 bits per heavy atom. The number of esters is 1. The van der Waals surface area contributed by atoms with Gasteiger partial charge in [-0.2, -0.15) is 0 Å². The lowest BCUT2D eigenvalue weighted by Gasteiger charge is -2.40. The van der Waals surface area contributed by atoms with Crippen LogP contribution in [0.4, 0.5) is 0 Å². The summed E-state index contributed by atoms with van der Waals surface area (Å²) in [6.45, 7) is 4.30. The second-order valence-corrected chi connectivity index (χ2v) is 20.0. The molecule has 0 aromatic rings. The van der Waals surface area contributed by atoms with Crippen molar-refractivity contribution < 1.29 is 49.3 Å². The van der Waals surface area contributed by atoms with Gasteiger partial charge in [-0.3, -0.25) is 9.59 Å². The minimum atomic E-state index is -1.58. The van der Waals surface area contributed by atoms with Gasteiger partial charge in [0.1, 0.15) is 24.4 Å². The molecule has 1 aliphatic heterocycles. The van der Waals surface area contributed by atoms with E-state index in [0.717, 1.165) is 70.6 Å². The third-order valence-electron chi connectivity index (χ3n) is 13.6. The maximum Gasteiger partial charge on any atom is 0.305 e. The van der Waals surface area contributed by atoms with Gasteiger partial charge in [0.05, 0.1) is 32.0 Å². The average molecular weight is 966 g/mol. The molecule has 1 aliphatic rings. The summed E-state index contributed by atoms with van der Waals surface area (Å²) < 4.78 is 16.7. The van der Waals surface area contributed by atoms with Gasteiger partial charge < -0.3 is 45.1 Å². The van der Waals surface area contributed by atoms with Gasteiger partial charge in [-0.05, 0) is 44.9 Å². The molecular weight excluding hydrogens is 859 g/mol. The fraction of sp³-hybridized carbons (Fsp3) is 0.895. The molecule has 7 unspecified atom stereocenters. The number of aliphatic hydroxyl groups excluding tert-OH is 5. The molecule has 0 radical (unpaired) electrons. The van der Waals surface area contributed by atoms with Crippen LogP contribution in [0.1, 0.15) is 264 Å². The van der Waals surface area contributed by atoms with Gasteiger partial charge in [0.2, 0.25) is 5.91 Å². The van der Waals surface area contributed by atoms with Crippen LogP contribution in [0.2, 0.25) is 0 Å². The van der Waals surface area contributed by atoms with Gasteiger partial charge in [0.25, 0.3) is 0 Å². The highest BCUT2D eigenvalue weighted by molar-refractivity contribution is 5.76. The maximum absolute atomic E-state index is 13.0. The Hall–Kier alpha value is -1.86. The van der Waals surface area contributed by atoms with Gasteiger partial charge in [0, 0.05) is 12.8 Å². The van der Waals surface area contributed by atoms with Crippen molar-refractivity contribution in [2.75, 3.05) is 19.8 Å². The van der Waals surface area contributed by atoms with Crippen LogP contribution in [0.3, 0.4) is 0 Å². The molecule has 1 fully saturated rings. The Balaban J connectivity index is 2.14. The third-order valence-corrected chi connectivity index (χ3v) is 13.6. The molecule has 1 heterocycles. The quantitative estimate of drug-likeness (QED) is 0.0196. The normalized spacial score (nSPS) is 19.5. The van der Waals surface area contributed by atoms with Crippen LogP contribution in [0.15, 0.2) is 24.3 Å². The van der Waals surface area contributed by atoms with Gasteiger partial charge in [-0.25, -0.2) is 0 Å². The lowest BCUT2D eigenvalue weighted by Crippen LogP contribution is -2.60. The van der Waals surface area contributed by atoms with Crippen molar-refractivity contribution in [1.29, 1.82) is 0 Å². The van der Waals surface area contributed by atoms with E-state index in [9.17, 15) is 35.1 Å². The van der Waals surface area contributed by atoms with Crippen LogP contribution < -0.4 is 5.32 Å². The monoisotopic (exact) mass is 966 g/mol. The fourth-order valence-corrected chi connectivity index (χ4v) is 8.98. The predicted molar refractivity (Wildman–Crippen MR) is 278 cm³/mol. The summed E-state index contributed by atoms with van der Waals surface area (Å²) in [5, 5.41) is 54.3. The second-order valence-electron chi connectivity index (χ2n) is 20.0. The van der Waals surface area contributed by atoms with E-state index in [4.69, 9.17) is 14.2 Å². The molecule has 6 N–H and O–H groups in total. The van der Waals surface area contributed by atoms with Crippen LogP contribution in [0.5, 0.6) is 0 Å². The van der Waals surface area contributed by atoms with Crippen molar-refractivity contribution in [1.82, 2.24) is 5.32 Å². The average Bonchev–Trinajstić information content (AvgIpc) is 3.33. The zero-order chi connectivity index (χ0) is 49.6.